The monoisotopic (exact) mass is 358 g/mol. The van der Waals surface area contributed by atoms with Crippen LogP contribution in [0.2, 0.25) is 0 Å². The summed E-state index contributed by atoms with van der Waals surface area (Å²) in [4.78, 5) is 10.6. The zero-order chi connectivity index (χ0) is 17.3. The van der Waals surface area contributed by atoms with E-state index in [-0.39, 0.29) is 10.9 Å². The predicted octanol–water partition coefficient (Wildman–Crippen LogP) is 2.17. The number of nitrogens with one attached hydrogen (secondary N) is 1. The first-order valence-electron chi connectivity index (χ1n) is 8.15. The number of anilines is 1. The van der Waals surface area contributed by atoms with Crippen LogP contribution < -0.4 is 9.62 Å². The second-order valence-corrected chi connectivity index (χ2v) is 7.76. The first-order chi connectivity index (χ1) is 12.1. The Bertz CT molecular complexity index is 939. The van der Waals surface area contributed by atoms with E-state index in [9.17, 15) is 8.42 Å². The first-order valence-corrected chi connectivity index (χ1v) is 9.64. The fraction of sp³-hybridized carbons (Fsp3) is 0.294. The van der Waals surface area contributed by atoms with Crippen LogP contribution in [0.1, 0.15) is 12.8 Å². The topological polar surface area (TPSA) is 88.3 Å². The van der Waals surface area contributed by atoms with Crippen LogP contribution in [0.4, 0.5) is 6.01 Å². The standard InChI is InChI=1S/C17H18N4O3S/c22-25(23,14-6-3-9-18-12-14)19-11-13-5-4-10-21(13)17-20-15-7-1-2-8-16(15)24-17/h1-3,6-9,12-13,19H,4-5,10-11H2. The van der Waals surface area contributed by atoms with Crippen molar-refractivity contribution >= 4 is 27.1 Å². The molecule has 8 heteroatoms. The molecule has 25 heavy (non-hydrogen) atoms. The minimum atomic E-state index is -3.57. The number of hydrogen-bond acceptors (Lipinski definition) is 6. The zero-order valence-electron chi connectivity index (χ0n) is 13.5. The average molecular weight is 358 g/mol. The van der Waals surface area contributed by atoms with E-state index < -0.39 is 10.0 Å². The van der Waals surface area contributed by atoms with E-state index in [1.807, 2.05) is 29.2 Å². The van der Waals surface area contributed by atoms with Crippen molar-refractivity contribution < 1.29 is 12.8 Å². The second kappa shape index (κ2) is 6.45. The molecule has 1 N–H and O–H groups in total. The number of fused-ring (bicyclic) bond motifs is 1. The molecule has 0 radical (unpaired) electrons. The van der Waals surface area contributed by atoms with E-state index in [0.717, 1.165) is 30.5 Å². The van der Waals surface area contributed by atoms with Gasteiger partial charge in [-0.25, -0.2) is 13.1 Å². The minimum absolute atomic E-state index is 0.0134. The first kappa shape index (κ1) is 16.0. The molecule has 0 saturated carbocycles. The van der Waals surface area contributed by atoms with E-state index in [2.05, 4.69) is 14.7 Å². The van der Waals surface area contributed by atoms with Gasteiger partial charge in [0.25, 0.3) is 6.01 Å². The maximum atomic E-state index is 12.4. The third-order valence-corrected chi connectivity index (χ3v) is 5.77. The van der Waals surface area contributed by atoms with Gasteiger partial charge in [0.1, 0.15) is 10.4 Å². The molecule has 7 nitrogen and oxygen atoms in total. The Labute approximate surface area is 145 Å². The van der Waals surface area contributed by atoms with E-state index in [1.165, 1.54) is 12.3 Å². The van der Waals surface area contributed by atoms with Crippen molar-refractivity contribution in [2.45, 2.75) is 23.8 Å². The molecule has 1 atom stereocenters. The molecular weight excluding hydrogens is 340 g/mol. The van der Waals surface area contributed by atoms with Crippen molar-refractivity contribution in [2.75, 3.05) is 18.0 Å². The fourth-order valence-electron chi connectivity index (χ4n) is 3.08. The van der Waals surface area contributed by atoms with Gasteiger partial charge >= 0.3 is 0 Å². The lowest BCUT2D eigenvalue weighted by atomic mass is 10.2. The second-order valence-electron chi connectivity index (χ2n) is 5.99. The van der Waals surface area contributed by atoms with Gasteiger partial charge in [0.2, 0.25) is 10.0 Å². The minimum Gasteiger partial charge on any atom is -0.423 e. The largest absolute Gasteiger partial charge is 0.423 e. The molecule has 1 fully saturated rings. The molecule has 0 spiro atoms. The third-order valence-electron chi connectivity index (χ3n) is 4.36. The molecule has 1 aliphatic heterocycles. The van der Waals surface area contributed by atoms with Gasteiger partial charge in [-0.1, -0.05) is 12.1 Å². The average Bonchev–Trinajstić information content (AvgIpc) is 3.27. The molecule has 1 aromatic carbocycles. The number of benzene rings is 1. The van der Waals surface area contributed by atoms with Crippen molar-refractivity contribution in [1.29, 1.82) is 0 Å². The van der Waals surface area contributed by atoms with E-state index in [1.54, 1.807) is 12.3 Å². The molecule has 3 heterocycles. The highest BCUT2D eigenvalue weighted by Gasteiger charge is 2.29. The number of aromatic nitrogens is 2. The van der Waals surface area contributed by atoms with Crippen LogP contribution in [0.3, 0.4) is 0 Å². The molecule has 0 bridgehead atoms. The summed E-state index contributed by atoms with van der Waals surface area (Å²) in [6, 6.07) is 11.3. The van der Waals surface area contributed by atoms with E-state index in [0.29, 0.717) is 12.6 Å². The molecule has 1 unspecified atom stereocenters. The third kappa shape index (κ3) is 3.22. The predicted molar refractivity (Wildman–Crippen MR) is 93.8 cm³/mol. The molecular formula is C17H18N4O3S. The van der Waals surface area contributed by atoms with Crippen molar-refractivity contribution in [3.63, 3.8) is 0 Å². The van der Waals surface area contributed by atoms with Crippen molar-refractivity contribution in [2.24, 2.45) is 0 Å². The SMILES string of the molecule is O=S(=O)(NCC1CCCN1c1nc2ccccc2o1)c1cccnc1. The Morgan fingerprint density at radius 1 is 1.24 bits per heavy atom. The lowest BCUT2D eigenvalue weighted by Crippen LogP contribution is -2.40. The Balaban J connectivity index is 1.50. The van der Waals surface area contributed by atoms with E-state index in [4.69, 9.17) is 4.42 Å². The van der Waals surface area contributed by atoms with Crippen LogP contribution in [-0.4, -0.2) is 37.5 Å². The van der Waals surface area contributed by atoms with Gasteiger partial charge in [-0.3, -0.25) is 4.98 Å². The molecule has 0 amide bonds. The van der Waals surface area contributed by atoms with Crippen LogP contribution in [0.5, 0.6) is 0 Å². The molecule has 1 saturated heterocycles. The van der Waals surface area contributed by atoms with Gasteiger partial charge in [0.05, 0.1) is 0 Å². The Kier molecular flexibility index (Phi) is 4.14. The molecule has 3 aromatic rings. The smallest absolute Gasteiger partial charge is 0.298 e. The van der Waals surface area contributed by atoms with E-state index >= 15 is 0 Å². The molecule has 130 valence electrons. The maximum Gasteiger partial charge on any atom is 0.298 e. The molecule has 1 aliphatic rings. The quantitative estimate of drug-likeness (QED) is 0.752. The Morgan fingerprint density at radius 3 is 2.92 bits per heavy atom. The summed E-state index contributed by atoms with van der Waals surface area (Å²) in [7, 11) is -3.57. The van der Waals surface area contributed by atoms with Gasteiger partial charge in [0.15, 0.2) is 5.58 Å². The van der Waals surface area contributed by atoms with Gasteiger partial charge in [-0.2, -0.15) is 4.98 Å². The van der Waals surface area contributed by atoms with Crippen molar-refractivity contribution in [1.82, 2.24) is 14.7 Å². The normalized spacial score (nSPS) is 18.1. The van der Waals surface area contributed by atoms with Crippen LogP contribution in [-0.2, 0) is 10.0 Å². The molecule has 2 aromatic heterocycles. The number of rotatable bonds is 5. The lowest BCUT2D eigenvalue weighted by molar-refractivity contribution is 0.534. The maximum absolute atomic E-state index is 12.4. The van der Waals surface area contributed by atoms with Crippen LogP contribution in [0.15, 0.2) is 58.1 Å². The van der Waals surface area contributed by atoms with Gasteiger partial charge in [-0.15, -0.1) is 0 Å². The Morgan fingerprint density at radius 2 is 2.12 bits per heavy atom. The van der Waals surface area contributed by atoms with Gasteiger partial charge in [0, 0.05) is 31.5 Å². The number of pyridine rings is 1. The summed E-state index contributed by atoms with van der Waals surface area (Å²) >= 11 is 0. The van der Waals surface area contributed by atoms with Gasteiger partial charge < -0.3 is 9.32 Å². The summed E-state index contributed by atoms with van der Waals surface area (Å²) in [5, 5.41) is 0. The molecule has 4 rings (SSSR count). The summed E-state index contributed by atoms with van der Waals surface area (Å²) in [5.41, 5.74) is 1.54. The number of hydrogen-bond donors (Lipinski definition) is 1. The van der Waals surface area contributed by atoms with Crippen LogP contribution >= 0.6 is 0 Å². The number of sulfonamides is 1. The van der Waals surface area contributed by atoms with Crippen molar-refractivity contribution in [3.05, 3.63) is 48.8 Å². The number of para-hydroxylation sites is 2. The molecule has 0 aliphatic carbocycles. The highest BCUT2D eigenvalue weighted by molar-refractivity contribution is 7.89. The van der Waals surface area contributed by atoms with Gasteiger partial charge in [-0.05, 0) is 37.1 Å². The summed E-state index contributed by atoms with van der Waals surface area (Å²) in [5.74, 6) is 0. The summed E-state index contributed by atoms with van der Waals surface area (Å²) < 4.78 is 33.2. The number of nitrogens with zero attached hydrogens (tertiary/aromatic N) is 3. The Hall–Kier alpha value is -2.45. The lowest BCUT2D eigenvalue weighted by Gasteiger charge is -2.22. The fourth-order valence-corrected chi connectivity index (χ4v) is 4.11. The van der Waals surface area contributed by atoms with Crippen molar-refractivity contribution in [3.8, 4) is 0 Å². The summed E-state index contributed by atoms with van der Waals surface area (Å²) in [6.07, 6.45) is 4.74. The van der Waals surface area contributed by atoms with Crippen LogP contribution in [0.25, 0.3) is 11.1 Å². The highest BCUT2D eigenvalue weighted by atomic mass is 32.2. The van der Waals surface area contributed by atoms with Crippen LogP contribution in [0, 0.1) is 0 Å². The zero-order valence-corrected chi connectivity index (χ0v) is 14.3. The highest BCUT2D eigenvalue weighted by Crippen LogP contribution is 2.28. The summed E-state index contributed by atoms with van der Waals surface area (Å²) in [6.45, 7) is 1.10. The number of oxazole rings is 1.